The Hall–Kier alpha value is -0.250. The van der Waals surface area contributed by atoms with Crippen LogP contribution in [0.25, 0.3) is 0 Å². The lowest BCUT2D eigenvalue weighted by molar-refractivity contribution is -0.258. The molecule has 80 valence electrons. The molecule has 0 aromatic heterocycles. The van der Waals surface area contributed by atoms with E-state index in [9.17, 15) is 13.2 Å². The molecule has 0 rings (SSSR count). The van der Waals surface area contributed by atoms with Crippen molar-refractivity contribution in [2.45, 2.75) is 51.8 Å². The lowest BCUT2D eigenvalue weighted by Crippen LogP contribution is -2.43. The van der Waals surface area contributed by atoms with Crippen molar-refractivity contribution in [3.63, 3.8) is 0 Å². The van der Waals surface area contributed by atoms with Crippen molar-refractivity contribution in [3.8, 4) is 0 Å². The van der Waals surface area contributed by atoms with Crippen LogP contribution in [-0.2, 0) is 0 Å². The topological polar surface area (TPSA) is 20.2 Å². The van der Waals surface area contributed by atoms with Gasteiger partial charge < -0.3 is 5.11 Å². The average molecular weight is 198 g/mol. The molecular formula is C9H17F3O. The highest BCUT2D eigenvalue weighted by Gasteiger charge is 2.50. The Labute approximate surface area is 76.9 Å². The van der Waals surface area contributed by atoms with Crippen LogP contribution in [0.5, 0.6) is 0 Å². The van der Waals surface area contributed by atoms with Crippen LogP contribution in [0, 0.1) is 5.92 Å². The summed E-state index contributed by atoms with van der Waals surface area (Å²) in [7, 11) is 0. The molecule has 0 aromatic carbocycles. The second-order valence-electron chi connectivity index (χ2n) is 3.66. The maximum absolute atomic E-state index is 12.2. The van der Waals surface area contributed by atoms with Crippen LogP contribution in [-0.4, -0.2) is 16.9 Å². The summed E-state index contributed by atoms with van der Waals surface area (Å²) < 4.78 is 36.6. The highest BCUT2D eigenvalue weighted by molar-refractivity contribution is 4.83. The van der Waals surface area contributed by atoms with Crippen LogP contribution >= 0.6 is 0 Å². The van der Waals surface area contributed by atoms with E-state index in [-0.39, 0.29) is 12.3 Å². The van der Waals surface area contributed by atoms with E-state index in [1.807, 2.05) is 13.8 Å². The van der Waals surface area contributed by atoms with Gasteiger partial charge in [0.2, 0.25) is 0 Å². The lowest BCUT2D eigenvalue weighted by Gasteiger charge is -2.29. The van der Waals surface area contributed by atoms with Gasteiger partial charge in [0.1, 0.15) is 0 Å². The van der Waals surface area contributed by atoms with Crippen LogP contribution in [0.4, 0.5) is 13.2 Å². The van der Waals surface area contributed by atoms with Crippen molar-refractivity contribution in [3.05, 3.63) is 0 Å². The second-order valence-corrected chi connectivity index (χ2v) is 3.66. The average Bonchev–Trinajstić information content (AvgIpc) is 1.98. The van der Waals surface area contributed by atoms with E-state index < -0.39 is 11.8 Å². The van der Waals surface area contributed by atoms with Gasteiger partial charge in [0, 0.05) is 0 Å². The van der Waals surface area contributed by atoms with Crippen molar-refractivity contribution in [2.24, 2.45) is 5.92 Å². The van der Waals surface area contributed by atoms with Gasteiger partial charge in [0.15, 0.2) is 5.60 Å². The standard InChI is InChI=1S/C9H17F3O/c1-4-7(5-2)6-8(3,13)9(10,11)12/h7,13H,4-6H2,1-3H3. The number of halogens is 3. The van der Waals surface area contributed by atoms with Gasteiger partial charge in [-0.15, -0.1) is 0 Å². The van der Waals surface area contributed by atoms with Crippen LogP contribution in [0.2, 0.25) is 0 Å². The Morgan fingerprint density at radius 1 is 1.15 bits per heavy atom. The Kier molecular flexibility index (Phi) is 4.23. The molecule has 0 saturated carbocycles. The summed E-state index contributed by atoms with van der Waals surface area (Å²) in [6.45, 7) is 4.51. The molecule has 1 N–H and O–H groups in total. The maximum Gasteiger partial charge on any atom is 0.416 e. The monoisotopic (exact) mass is 198 g/mol. The van der Waals surface area contributed by atoms with E-state index in [4.69, 9.17) is 5.11 Å². The van der Waals surface area contributed by atoms with E-state index in [1.54, 1.807) is 0 Å². The number of rotatable bonds is 4. The first-order valence-electron chi connectivity index (χ1n) is 4.53. The smallest absolute Gasteiger partial charge is 0.381 e. The Morgan fingerprint density at radius 2 is 1.54 bits per heavy atom. The minimum absolute atomic E-state index is 0.0587. The molecule has 0 heterocycles. The molecule has 0 aromatic rings. The quantitative estimate of drug-likeness (QED) is 0.735. The van der Waals surface area contributed by atoms with E-state index in [1.165, 1.54) is 0 Å². The molecule has 1 atom stereocenters. The largest absolute Gasteiger partial charge is 0.416 e. The first-order chi connectivity index (χ1) is 5.74. The highest BCUT2D eigenvalue weighted by Crippen LogP contribution is 2.36. The number of hydrogen-bond acceptors (Lipinski definition) is 1. The minimum Gasteiger partial charge on any atom is -0.381 e. The Morgan fingerprint density at radius 3 is 1.77 bits per heavy atom. The number of alkyl halides is 3. The van der Waals surface area contributed by atoms with Crippen LogP contribution < -0.4 is 0 Å². The summed E-state index contributed by atoms with van der Waals surface area (Å²) in [5, 5.41) is 9.16. The molecule has 0 bridgehead atoms. The second kappa shape index (κ2) is 4.31. The fourth-order valence-corrected chi connectivity index (χ4v) is 1.26. The van der Waals surface area contributed by atoms with Gasteiger partial charge in [-0.3, -0.25) is 0 Å². The maximum atomic E-state index is 12.2. The summed E-state index contributed by atoms with van der Waals surface area (Å²) in [6, 6.07) is 0. The summed E-state index contributed by atoms with van der Waals surface area (Å²) in [4.78, 5) is 0. The normalized spacial score (nSPS) is 17.5. The van der Waals surface area contributed by atoms with Gasteiger partial charge in [-0.25, -0.2) is 0 Å². The van der Waals surface area contributed by atoms with Crippen molar-refractivity contribution in [2.75, 3.05) is 0 Å². The number of hydrogen-bond donors (Lipinski definition) is 1. The fourth-order valence-electron chi connectivity index (χ4n) is 1.26. The molecule has 1 nitrogen and oxygen atoms in total. The fraction of sp³-hybridized carbons (Fsp3) is 1.00. The first-order valence-corrected chi connectivity index (χ1v) is 4.53. The molecule has 0 spiro atoms. The van der Waals surface area contributed by atoms with Gasteiger partial charge in [-0.05, 0) is 19.3 Å². The zero-order chi connectivity index (χ0) is 10.7. The van der Waals surface area contributed by atoms with Gasteiger partial charge in [0.05, 0.1) is 0 Å². The zero-order valence-electron chi connectivity index (χ0n) is 8.28. The van der Waals surface area contributed by atoms with Crippen LogP contribution in [0.1, 0.15) is 40.0 Å². The van der Waals surface area contributed by atoms with Gasteiger partial charge >= 0.3 is 6.18 Å². The molecule has 0 aliphatic rings. The molecule has 0 amide bonds. The molecule has 0 saturated heterocycles. The third-order valence-corrected chi connectivity index (χ3v) is 2.45. The molecule has 13 heavy (non-hydrogen) atoms. The van der Waals surface area contributed by atoms with Crippen molar-refractivity contribution in [1.29, 1.82) is 0 Å². The molecule has 0 aliphatic heterocycles. The van der Waals surface area contributed by atoms with Gasteiger partial charge in [-0.2, -0.15) is 13.2 Å². The summed E-state index contributed by atoms with van der Waals surface area (Å²) >= 11 is 0. The molecule has 4 heteroatoms. The molecule has 1 unspecified atom stereocenters. The third kappa shape index (κ3) is 3.55. The van der Waals surface area contributed by atoms with Crippen molar-refractivity contribution >= 4 is 0 Å². The third-order valence-electron chi connectivity index (χ3n) is 2.45. The van der Waals surface area contributed by atoms with E-state index in [2.05, 4.69) is 0 Å². The zero-order valence-corrected chi connectivity index (χ0v) is 8.28. The number of aliphatic hydroxyl groups is 1. The van der Waals surface area contributed by atoms with Gasteiger partial charge in [-0.1, -0.05) is 26.7 Å². The minimum atomic E-state index is -4.52. The first kappa shape index (κ1) is 12.8. The Balaban J connectivity index is 4.31. The van der Waals surface area contributed by atoms with E-state index in [0.29, 0.717) is 12.8 Å². The summed E-state index contributed by atoms with van der Waals surface area (Å²) in [6.07, 6.45) is -3.38. The predicted molar refractivity (Wildman–Crippen MR) is 45.4 cm³/mol. The summed E-state index contributed by atoms with van der Waals surface area (Å²) in [5.41, 5.74) is -2.54. The van der Waals surface area contributed by atoms with Crippen molar-refractivity contribution < 1.29 is 18.3 Å². The van der Waals surface area contributed by atoms with E-state index >= 15 is 0 Å². The van der Waals surface area contributed by atoms with Crippen molar-refractivity contribution in [1.82, 2.24) is 0 Å². The molecular weight excluding hydrogens is 181 g/mol. The Bertz CT molecular complexity index is 147. The highest BCUT2D eigenvalue weighted by atomic mass is 19.4. The SMILES string of the molecule is CCC(CC)CC(C)(O)C(F)(F)F. The van der Waals surface area contributed by atoms with Crippen LogP contribution in [0.3, 0.4) is 0 Å². The molecule has 0 radical (unpaired) electrons. The van der Waals surface area contributed by atoms with E-state index in [0.717, 1.165) is 6.92 Å². The van der Waals surface area contributed by atoms with Gasteiger partial charge in [0.25, 0.3) is 0 Å². The molecule has 0 aliphatic carbocycles. The lowest BCUT2D eigenvalue weighted by atomic mass is 9.88. The predicted octanol–water partition coefficient (Wildman–Crippen LogP) is 3.13. The van der Waals surface area contributed by atoms with Crippen LogP contribution in [0.15, 0.2) is 0 Å². The molecule has 0 fully saturated rings. The summed E-state index contributed by atoms with van der Waals surface area (Å²) in [5.74, 6) is -0.0587.